The van der Waals surface area contributed by atoms with Crippen molar-refractivity contribution in [2.45, 2.75) is 71.2 Å². The number of carbonyl (C=O) groups is 1. The summed E-state index contributed by atoms with van der Waals surface area (Å²) in [6.45, 7) is 12.7. The zero-order chi connectivity index (χ0) is 17.6. The van der Waals surface area contributed by atoms with Gasteiger partial charge in [-0.25, -0.2) is 0 Å². The van der Waals surface area contributed by atoms with E-state index >= 15 is 0 Å². The molecule has 0 aromatic carbocycles. The summed E-state index contributed by atoms with van der Waals surface area (Å²) < 4.78 is 28.2. The van der Waals surface area contributed by atoms with Gasteiger partial charge in [-0.05, 0) is 24.6 Å². The summed E-state index contributed by atoms with van der Waals surface area (Å²) in [6.07, 6.45) is 1.77. The second-order valence-electron chi connectivity index (χ2n) is 7.11. The molecule has 0 aromatic rings. The standard InChI is InChI=1S/C15H33O5PSi/c1-9-10-11-14(20-22(7,8)15(2,3)4)13(16)12-21(17,18-5)19-6/h14H,9-12H2,1-8H3/t14-/m1/s1. The van der Waals surface area contributed by atoms with Crippen molar-refractivity contribution in [1.29, 1.82) is 0 Å². The van der Waals surface area contributed by atoms with E-state index in [9.17, 15) is 9.36 Å². The topological polar surface area (TPSA) is 61.8 Å². The van der Waals surface area contributed by atoms with E-state index in [0.717, 1.165) is 12.8 Å². The van der Waals surface area contributed by atoms with Crippen LogP contribution in [0.4, 0.5) is 0 Å². The van der Waals surface area contributed by atoms with Crippen LogP contribution in [0.15, 0.2) is 0 Å². The third-order valence-electron chi connectivity index (χ3n) is 4.33. The molecule has 0 rings (SSSR count). The van der Waals surface area contributed by atoms with Crippen LogP contribution in [0.2, 0.25) is 18.1 Å². The van der Waals surface area contributed by atoms with Gasteiger partial charge in [0.25, 0.3) is 0 Å². The Morgan fingerprint density at radius 1 is 1.18 bits per heavy atom. The molecule has 0 heterocycles. The van der Waals surface area contributed by atoms with Gasteiger partial charge in [0.05, 0.1) is 0 Å². The summed E-state index contributed by atoms with van der Waals surface area (Å²) in [4.78, 5) is 12.6. The maximum Gasteiger partial charge on any atom is 0.337 e. The van der Waals surface area contributed by atoms with Gasteiger partial charge in [0.15, 0.2) is 14.1 Å². The van der Waals surface area contributed by atoms with Crippen molar-refractivity contribution < 1.29 is 22.8 Å². The Morgan fingerprint density at radius 2 is 1.68 bits per heavy atom. The summed E-state index contributed by atoms with van der Waals surface area (Å²) in [6, 6.07) is 0. The number of unbranched alkanes of at least 4 members (excludes halogenated alkanes) is 1. The van der Waals surface area contributed by atoms with E-state index in [-0.39, 0.29) is 17.0 Å². The lowest BCUT2D eigenvalue weighted by Crippen LogP contribution is -2.46. The van der Waals surface area contributed by atoms with Gasteiger partial charge in [-0.2, -0.15) is 0 Å². The molecule has 0 aromatic heterocycles. The summed E-state index contributed by atoms with van der Waals surface area (Å²) >= 11 is 0. The van der Waals surface area contributed by atoms with Crippen LogP contribution in [-0.4, -0.2) is 40.6 Å². The molecule has 7 heteroatoms. The molecular formula is C15H33O5PSi. The lowest BCUT2D eigenvalue weighted by atomic mass is 10.1. The van der Waals surface area contributed by atoms with E-state index < -0.39 is 22.0 Å². The van der Waals surface area contributed by atoms with Gasteiger partial charge in [-0.15, -0.1) is 0 Å². The van der Waals surface area contributed by atoms with E-state index in [1.165, 1.54) is 14.2 Å². The zero-order valence-electron chi connectivity index (χ0n) is 15.4. The molecule has 0 saturated carbocycles. The summed E-state index contributed by atoms with van der Waals surface area (Å²) in [7, 11) is -2.81. The van der Waals surface area contributed by atoms with Crippen LogP contribution < -0.4 is 0 Å². The highest BCUT2D eigenvalue weighted by Crippen LogP contribution is 2.47. The first-order valence-corrected chi connectivity index (χ1v) is 12.5. The predicted octanol–water partition coefficient (Wildman–Crippen LogP) is 4.62. The third-order valence-corrected chi connectivity index (χ3v) is 10.6. The third kappa shape index (κ3) is 6.63. The monoisotopic (exact) mass is 352 g/mol. The van der Waals surface area contributed by atoms with E-state index in [1.54, 1.807) is 0 Å². The molecule has 0 radical (unpaired) electrons. The van der Waals surface area contributed by atoms with Gasteiger partial charge >= 0.3 is 7.60 Å². The maximum absolute atomic E-state index is 12.6. The lowest BCUT2D eigenvalue weighted by Gasteiger charge is -2.39. The molecule has 0 amide bonds. The highest BCUT2D eigenvalue weighted by Gasteiger charge is 2.41. The first-order valence-electron chi connectivity index (χ1n) is 7.83. The fourth-order valence-electron chi connectivity index (χ4n) is 1.70. The minimum absolute atomic E-state index is 0.0178. The van der Waals surface area contributed by atoms with Gasteiger partial charge in [-0.3, -0.25) is 9.36 Å². The molecule has 0 unspecified atom stereocenters. The molecule has 132 valence electrons. The van der Waals surface area contributed by atoms with E-state index in [1.807, 2.05) is 0 Å². The first-order chi connectivity index (χ1) is 9.92. The molecule has 0 aliphatic carbocycles. The number of ketones is 1. The molecule has 0 N–H and O–H groups in total. The molecule has 5 nitrogen and oxygen atoms in total. The van der Waals surface area contributed by atoms with Crippen LogP contribution in [0.3, 0.4) is 0 Å². The number of carbonyl (C=O) groups excluding carboxylic acids is 1. The SMILES string of the molecule is CCCC[C@@H](O[Si](C)(C)C(C)(C)C)C(=O)CP(=O)(OC)OC. The van der Waals surface area contributed by atoms with Crippen molar-refractivity contribution in [2.75, 3.05) is 20.4 Å². The summed E-state index contributed by atoms with van der Waals surface area (Å²) in [5.74, 6) is -0.190. The second kappa shape index (κ2) is 8.74. The zero-order valence-corrected chi connectivity index (χ0v) is 17.3. The minimum atomic E-state index is -3.34. The molecule has 1 atom stereocenters. The van der Waals surface area contributed by atoms with Crippen molar-refractivity contribution >= 4 is 21.7 Å². The average molecular weight is 352 g/mol. The lowest BCUT2D eigenvalue weighted by molar-refractivity contribution is -0.124. The summed E-state index contributed by atoms with van der Waals surface area (Å²) in [5.41, 5.74) is 0. The highest BCUT2D eigenvalue weighted by atomic mass is 31.2. The Balaban J connectivity index is 5.13. The predicted molar refractivity (Wildman–Crippen MR) is 93.1 cm³/mol. The fourth-order valence-corrected chi connectivity index (χ4v) is 4.01. The van der Waals surface area contributed by atoms with Crippen molar-refractivity contribution in [1.82, 2.24) is 0 Å². The van der Waals surface area contributed by atoms with Crippen molar-refractivity contribution in [3.05, 3.63) is 0 Å². The van der Waals surface area contributed by atoms with E-state index in [2.05, 4.69) is 40.8 Å². The molecule has 0 bridgehead atoms. The van der Waals surface area contributed by atoms with Crippen LogP contribution in [-0.2, 0) is 22.8 Å². The molecule has 0 aliphatic rings. The first kappa shape index (κ1) is 22.0. The number of hydrogen-bond acceptors (Lipinski definition) is 5. The Kier molecular flexibility index (Phi) is 8.74. The number of rotatable bonds is 10. The van der Waals surface area contributed by atoms with E-state index in [4.69, 9.17) is 13.5 Å². The van der Waals surface area contributed by atoms with Crippen molar-refractivity contribution in [3.63, 3.8) is 0 Å². The smallest absolute Gasteiger partial charge is 0.337 e. The van der Waals surface area contributed by atoms with Gasteiger partial charge in [0, 0.05) is 14.2 Å². The Morgan fingerprint density at radius 3 is 2.05 bits per heavy atom. The average Bonchev–Trinajstić information content (AvgIpc) is 2.41. The normalized spacial score (nSPS) is 14.9. The quantitative estimate of drug-likeness (QED) is 0.424. The fraction of sp³-hybridized carbons (Fsp3) is 0.933. The van der Waals surface area contributed by atoms with Gasteiger partial charge in [-0.1, -0.05) is 40.5 Å². The number of Topliss-reactive ketones (excluding diaryl/α,β-unsaturated/α-hetero) is 1. The molecule has 0 saturated heterocycles. The molecule has 22 heavy (non-hydrogen) atoms. The van der Waals surface area contributed by atoms with Crippen LogP contribution >= 0.6 is 7.60 Å². The molecule has 0 fully saturated rings. The van der Waals surface area contributed by atoms with Crippen LogP contribution in [0.1, 0.15) is 47.0 Å². The van der Waals surface area contributed by atoms with Gasteiger partial charge in [0.2, 0.25) is 0 Å². The molecular weight excluding hydrogens is 319 g/mol. The summed E-state index contributed by atoms with van der Waals surface area (Å²) in [5, 5.41) is 0.0178. The van der Waals surface area contributed by atoms with Crippen LogP contribution in [0.25, 0.3) is 0 Å². The Labute approximate surface area is 136 Å². The van der Waals surface area contributed by atoms with Gasteiger partial charge < -0.3 is 13.5 Å². The molecule has 0 aliphatic heterocycles. The largest absolute Gasteiger partial charge is 0.407 e. The molecule has 0 spiro atoms. The number of hydrogen-bond donors (Lipinski definition) is 0. The highest BCUT2D eigenvalue weighted by molar-refractivity contribution is 7.54. The maximum atomic E-state index is 12.6. The van der Waals surface area contributed by atoms with Crippen molar-refractivity contribution in [2.24, 2.45) is 0 Å². The van der Waals surface area contributed by atoms with Gasteiger partial charge in [0.1, 0.15) is 12.3 Å². The Hall–Kier alpha value is -0.00312. The van der Waals surface area contributed by atoms with Crippen LogP contribution in [0.5, 0.6) is 0 Å². The van der Waals surface area contributed by atoms with Crippen LogP contribution in [0, 0.1) is 0 Å². The van der Waals surface area contributed by atoms with E-state index in [0.29, 0.717) is 6.42 Å². The van der Waals surface area contributed by atoms with Crippen molar-refractivity contribution in [3.8, 4) is 0 Å². The second-order valence-corrected chi connectivity index (χ2v) is 14.1. The minimum Gasteiger partial charge on any atom is -0.407 e. The Bertz CT molecular complexity index is 395.